The predicted octanol–water partition coefficient (Wildman–Crippen LogP) is 4.55. The van der Waals surface area contributed by atoms with E-state index < -0.39 is 0 Å². The summed E-state index contributed by atoms with van der Waals surface area (Å²) in [5.41, 5.74) is 2.57. The van der Waals surface area contributed by atoms with Gasteiger partial charge in [0.1, 0.15) is 5.75 Å². The van der Waals surface area contributed by atoms with Crippen molar-refractivity contribution in [1.82, 2.24) is 0 Å². The average molecular weight is 298 g/mol. The summed E-state index contributed by atoms with van der Waals surface area (Å²) >= 11 is 0. The van der Waals surface area contributed by atoms with E-state index >= 15 is 0 Å². The third kappa shape index (κ3) is 3.03. The maximum absolute atomic E-state index is 9.70. The smallest absolute Gasteiger partial charge is 0.160 e. The third-order valence-corrected chi connectivity index (χ3v) is 4.77. The van der Waals surface area contributed by atoms with Gasteiger partial charge in [0.05, 0.1) is 7.11 Å². The lowest BCUT2D eigenvalue weighted by Crippen LogP contribution is -2.12. The molecule has 0 aliphatic heterocycles. The van der Waals surface area contributed by atoms with E-state index in [1.54, 1.807) is 25.3 Å². The minimum Gasteiger partial charge on any atom is -0.508 e. The molecule has 2 aromatic carbocycles. The zero-order valence-corrected chi connectivity index (χ0v) is 12.8. The molecular weight excluding hydrogens is 276 g/mol. The first-order valence-electron chi connectivity index (χ1n) is 7.83. The van der Waals surface area contributed by atoms with Crippen LogP contribution >= 0.6 is 0 Å². The van der Waals surface area contributed by atoms with Crippen molar-refractivity contribution >= 4 is 0 Å². The number of methoxy groups -OCH3 is 1. The number of phenolic OH excluding ortho intramolecular Hbond substituents is 2. The van der Waals surface area contributed by atoms with Crippen LogP contribution in [-0.2, 0) is 0 Å². The van der Waals surface area contributed by atoms with Gasteiger partial charge in [-0.2, -0.15) is 0 Å². The van der Waals surface area contributed by atoms with E-state index in [9.17, 15) is 10.2 Å². The Bertz CT molecular complexity index is 626. The third-order valence-electron chi connectivity index (χ3n) is 4.77. The Balaban J connectivity index is 1.67. The van der Waals surface area contributed by atoms with Crippen LogP contribution in [0.15, 0.2) is 42.5 Å². The molecule has 116 valence electrons. The lowest BCUT2D eigenvalue weighted by Gasteiger charge is -2.29. The van der Waals surface area contributed by atoms with Gasteiger partial charge in [0.15, 0.2) is 11.5 Å². The molecule has 0 amide bonds. The number of hydrogen-bond acceptors (Lipinski definition) is 3. The van der Waals surface area contributed by atoms with Gasteiger partial charge < -0.3 is 14.9 Å². The molecule has 0 atom stereocenters. The first kappa shape index (κ1) is 14.8. The molecule has 0 aromatic heterocycles. The van der Waals surface area contributed by atoms with Crippen LogP contribution in [0.3, 0.4) is 0 Å². The Morgan fingerprint density at radius 2 is 1.36 bits per heavy atom. The lowest BCUT2D eigenvalue weighted by atomic mass is 9.76. The van der Waals surface area contributed by atoms with Gasteiger partial charge >= 0.3 is 0 Å². The Hall–Kier alpha value is -2.16. The topological polar surface area (TPSA) is 49.7 Å². The molecule has 0 radical (unpaired) electrons. The maximum atomic E-state index is 9.70. The van der Waals surface area contributed by atoms with E-state index in [0.717, 1.165) is 25.7 Å². The standard InChI is InChI=1S/C19H22O3/c1-22-19-12-16(8-11-18(19)21)15-4-2-13(3-5-15)14-6-9-17(20)10-7-14/h6-13,15,20-21H,2-5H2,1H3. The van der Waals surface area contributed by atoms with Gasteiger partial charge in [0.25, 0.3) is 0 Å². The fourth-order valence-electron chi connectivity index (χ4n) is 3.45. The minimum absolute atomic E-state index is 0.198. The van der Waals surface area contributed by atoms with Gasteiger partial charge in [-0.25, -0.2) is 0 Å². The second-order valence-electron chi connectivity index (χ2n) is 6.07. The van der Waals surface area contributed by atoms with E-state index in [4.69, 9.17) is 4.74 Å². The van der Waals surface area contributed by atoms with Crippen molar-refractivity contribution in [3.8, 4) is 17.2 Å². The zero-order valence-electron chi connectivity index (χ0n) is 12.8. The molecule has 0 heterocycles. The highest BCUT2D eigenvalue weighted by Crippen LogP contribution is 2.42. The fourth-order valence-corrected chi connectivity index (χ4v) is 3.45. The molecule has 3 heteroatoms. The van der Waals surface area contributed by atoms with Gasteiger partial charge in [0, 0.05) is 0 Å². The van der Waals surface area contributed by atoms with Crippen LogP contribution < -0.4 is 4.74 Å². The Kier molecular flexibility index (Phi) is 4.23. The highest BCUT2D eigenvalue weighted by atomic mass is 16.5. The fraction of sp³-hybridized carbons (Fsp3) is 0.368. The van der Waals surface area contributed by atoms with E-state index in [-0.39, 0.29) is 5.75 Å². The molecule has 0 bridgehead atoms. The van der Waals surface area contributed by atoms with Crippen molar-refractivity contribution in [2.24, 2.45) is 0 Å². The molecule has 3 nitrogen and oxygen atoms in total. The molecule has 0 unspecified atom stereocenters. The quantitative estimate of drug-likeness (QED) is 0.874. The minimum atomic E-state index is 0.198. The molecule has 0 spiro atoms. The summed E-state index contributed by atoms with van der Waals surface area (Å²) in [6.07, 6.45) is 4.58. The summed E-state index contributed by atoms with van der Waals surface area (Å²) in [5, 5.41) is 19.1. The normalized spacial score (nSPS) is 21.5. The average Bonchev–Trinajstić information content (AvgIpc) is 2.56. The molecule has 1 aliphatic rings. The molecule has 0 saturated heterocycles. The van der Waals surface area contributed by atoms with Crippen molar-refractivity contribution in [3.05, 3.63) is 53.6 Å². The van der Waals surface area contributed by atoms with E-state index in [1.807, 2.05) is 24.3 Å². The van der Waals surface area contributed by atoms with Crippen LogP contribution in [0.25, 0.3) is 0 Å². The number of aromatic hydroxyl groups is 2. The number of hydrogen-bond donors (Lipinski definition) is 2. The highest BCUT2D eigenvalue weighted by Gasteiger charge is 2.24. The van der Waals surface area contributed by atoms with Gasteiger partial charge in [-0.3, -0.25) is 0 Å². The van der Waals surface area contributed by atoms with Gasteiger partial charge in [-0.15, -0.1) is 0 Å². The molecule has 22 heavy (non-hydrogen) atoms. The van der Waals surface area contributed by atoms with Gasteiger partial charge in [0.2, 0.25) is 0 Å². The van der Waals surface area contributed by atoms with Crippen molar-refractivity contribution in [2.45, 2.75) is 37.5 Å². The van der Waals surface area contributed by atoms with Crippen LogP contribution in [0, 0.1) is 0 Å². The van der Waals surface area contributed by atoms with Crippen LogP contribution in [0.5, 0.6) is 17.2 Å². The van der Waals surface area contributed by atoms with E-state index in [2.05, 4.69) is 0 Å². The Morgan fingerprint density at radius 3 is 1.95 bits per heavy atom. The summed E-state index contributed by atoms with van der Waals surface area (Å²) in [6, 6.07) is 13.3. The number of rotatable bonds is 3. The van der Waals surface area contributed by atoms with Crippen LogP contribution in [-0.4, -0.2) is 17.3 Å². The van der Waals surface area contributed by atoms with Crippen molar-refractivity contribution in [2.75, 3.05) is 7.11 Å². The molecule has 1 fully saturated rings. The molecular formula is C19H22O3. The first-order chi connectivity index (χ1) is 10.7. The van der Waals surface area contributed by atoms with Crippen molar-refractivity contribution in [1.29, 1.82) is 0 Å². The second kappa shape index (κ2) is 6.30. The number of ether oxygens (including phenoxy) is 1. The zero-order chi connectivity index (χ0) is 15.5. The number of phenols is 2. The summed E-state index contributed by atoms with van der Waals surface area (Å²) in [7, 11) is 1.58. The van der Waals surface area contributed by atoms with E-state index in [0.29, 0.717) is 23.3 Å². The summed E-state index contributed by atoms with van der Waals surface area (Å²) in [6.45, 7) is 0. The Labute approximate surface area is 131 Å². The molecule has 2 N–H and O–H groups in total. The molecule has 2 aromatic rings. The van der Waals surface area contributed by atoms with Crippen molar-refractivity contribution < 1.29 is 14.9 Å². The second-order valence-corrected chi connectivity index (χ2v) is 6.07. The van der Waals surface area contributed by atoms with Crippen LogP contribution in [0.1, 0.15) is 48.6 Å². The maximum Gasteiger partial charge on any atom is 0.160 e. The predicted molar refractivity (Wildman–Crippen MR) is 86.7 cm³/mol. The van der Waals surface area contributed by atoms with Gasteiger partial charge in [-0.05, 0) is 72.9 Å². The van der Waals surface area contributed by atoms with Crippen LogP contribution in [0.4, 0.5) is 0 Å². The molecule has 1 saturated carbocycles. The van der Waals surface area contributed by atoms with Crippen molar-refractivity contribution in [3.63, 3.8) is 0 Å². The summed E-state index contributed by atoms with van der Waals surface area (Å²) in [5.74, 6) is 2.19. The summed E-state index contributed by atoms with van der Waals surface area (Å²) in [4.78, 5) is 0. The monoisotopic (exact) mass is 298 g/mol. The van der Waals surface area contributed by atoms with E-state index in [1.165, 1.54) is 11.1 Å². The van der Waals surface area contributed by atoms with Gasteiger partial charge in [-0.1, -0.05) is 18.2 Å². The SMILES string of the molecule is COc1cc(C2CCC(c3ccc(O)cc3)CC2)ccc1O. The highest BCUT2D eigenvalue weighted by molar-refractivity contribution is 5.43. The van der Waals surface area contributed by atoms with Crippen LogP contribution in [0.2, 0.25) is 0 Å². The molecule has 3 rings (SSSR count). The summed E-state index contributed by atoms with van der Waals surface area (Å²) < 4.78 is 5.20. The first-order valence-corrected chi connectivity index (χ1v) is 7.83. The molecule has 1 aliphatic carbocycles. The number of benzene rings is 2. The Morgan fingerprint density at radius 1 is 0.818 bits per heavy atom. The largest absolute Gasteiger partial charge is 0.508 e. The lowest BCUT2D eigenvalue weighted by molar-refractivity contribution is 0.368.